The molecular weight excluding hydrogens is 222 g/mol. The summed E-state index contributed by atoms with van der Waals surface area (Å²) in [6.45, 7) is 8.67. The van der Waals surface area contributed by atoms with Gasteiger partial charge in [-0.1, -0.05) is 25.4 Å². The summed E-state index contributed by atoms with van der Waals surface area (Å²) in [5.74, 6) is 1.27. The van der Waals surface area contributed by atoms with Gasteiger partial charge in [-0.05, 0) is 43.0 Å². The van der Waals surface area contributed by atoms with Crippen LogP contribution in [0, 0.1) is 19.8 Å². The molecule has 90 valence electrons. The van der Waals surface area contributed by atoms with Gasteiger partial charge in [0.2, 0.25) is 0 Å². The number of hydrogen-bond acceptors (Lipinski definition) is 2. The first-order valence-electron chi connectivity index (χ1n) is 5.57. The van der Waals surface area contributed by atoms with Crippen molar-refractivity contribution >= 4 is 11.6 Å². The Morgan fingerprint density at radius 2 is 1.75 bits per heavy atom. The maximum Gasteiger partial charge on any atom is 0.120 e. The molecule has 1 atom stereocenters. The molecule has 16 heavy (non-hydrogen) atoms. The quantitative estimate of drug-likeness (QED) is 0.878. The lowest BCUT2D eigenvalue weighted by Crippen LogP contribution is -2.33. The molecule has 1 rings (SSSR count). The Hall–Kier alpha value is -0.730. The van der Waals surface area contributed by atoms with Gasteiger partial charge in [-0.15, -0.1) is 0 Å². The van der Waals surface area contributed by atoms with Gasteiger partial charge in [0.25, 0.3) is 0 Å². The lowest BCUT2D eigenvalue weighted by Gasteiger charge is -2.17. The fraction of sp³-hybridized carbons (Fsp3) is 0.538. The first kappa shape index (κ1) is 13.3. The molecule has 0 aliphatic carbocycles. The zero-order valence-electron chi connectivity index (χ0n) is 10.4. The molecule has 2 N–H and O–H groups in total. The van der Waals surface area contributed by atoms with E-state index in [1.54, 1.807) is 0 Å². The van der Waals surface area contributed by atoms with Gasteiger partial charge in [-0.25, -0.2) is 0 Å². The van der Waals surface area contributed by atoms with Crippen LogP contribution in [0.3, 0.4) is 0 Å². The topological polar surface area (TPSA) is 35.2 Å². The molecule has 0 aliphatic heterocycles. The zero-order valence-corrected chi connectivity index (χ0v) is 11.1. The van der Waals surface area contributed by atoms with Crippen LogP contribution in [-0.2, 0) is 0 Å². The van der Waals surface area contributed by atoms with Gasteiger partial charge in [-0.2, -0.15) is 0 Å². The Labute approximate surface area is 103 Å². The molecule has 0 bridgehead atoms. The number of nitrogens with two attached hydrogens (primary N) is 1. The molecule has 1 aromatic carbocycles. The van der Waals surface area contributed by atoms with Crippen molar-refractivity contribution in [2.75, 3.05) is 6.61 Å². The second-order valence-electron chi connectivity index (χ2n) is 4.59. The molecule has 0 aliphatic rings. The van der Waals surface area contributed by atoms with Gasteiger partial charge in [0.1, 0.15) is 12.4 Å². The molecule has 0 heterocycles. The first-order valence-corrected chi connectivity index (χ1v) is 5.94. The highest BCUT2D eigenvalue weighted by molar-refractivity contribution is 6.32. The SMILES string of the molecule is Cc1cc(OC[C@@H](N)C(C)C)cc(C)c1Cl. The highest BCUT2D eigenvalue weighted by Gasteiger charge is 2.09. The zero-order chi connectivity index (χ0) is 12.3. The van der Waals surface area contributed by atoms with Crippen LogP contribution in [0.4, 0.5) is 0 Å². The number of halogens is 1. The van der Waals surface area contributed by atoms with Crippen LogP contribution in [0.25, 0.3) is 0 Å². The molecule has 2 nitrogen and oxygen atoms in total. The minimum atomic E-state index is 0.0660. The fourth-order valence-corrected chi connectivity index (χ4v) is 1.48. The Balaban J connectivity index is 2.68. The van der Waals surface area contributed by atoms with Crippen LogP contribution < -0.4 is 10.5 Å². The van der Waals surface area contributed by atoms with Gasteiger partial charge in [0.15, 0.2) is 0 Å². The summed E-state index contributed by atoms with van der Waals surface area (Å²) in [6, 6.07) is 3.96. The summed E-state index contributed by atoms with van der Waals surface area (Å²) in [5, 5.41) is 0.806. The average Bonchev–Trinajstić information content (AvgIpc) is 2.22. The molecule has 0 saturated carbocycles. The van der Waals surface area contributed by atoms with Crippen molar-refractivity contribution in [3.05, 3.63) is 28.3 Å². The summed E-state index contributed by atoms with van der Waals surface area (Å²) in [6.07, 6.45) is 0. The molecule has 3 heteroatoms. The predicted molar refractivity (Wildman–Crippen MR) is 69.2 cm³/mol. The Bertz CT molecular complexity index is 340. The molecule has 0 spiro atoms. The third-order valence-corrected chi connectivity index (χ3v) is 3.30. The van der Waals surface area contributed by atoms with E-state index in [-0.39, 0.29) is 6.04 Å². The number of aryl methyl sites for hydroxylation is 2. The monoisotopic (exact) mass is 241 g/mol. The number of ether oxygens (including phenoxy) is 1. The lowest BCUT2D eigenvalue weighted by atomic mass is 10.1. The summed E-state index contributed by atoms with van der Waals surface area (Å²) in [4.78, 5) is 0. The standard InChI is InChI=1S/C13H20ClNO/c1-8(2)12(15)7-16-11-5-9(3)13(14)10(4)6-11/h5-6,8,12H,7,15H2,1-4H3/t12-/m1/s1. The molecule has 0 amide bonds. The second kappa shape index (κ2) is 5.55. The third kappa shape index (κ3) is 3.39. The fourth-order valence-electron chi connectivity index (χ4n) is 1.37. The van der Waals surface area contributed by atoms with Crippen LogP contribution in [0.5, 0.6) is 5.75 Å². The van der Waals surface area contributed by atoms with Crippen molar-refractivity contribution in [3.8, 4) is 5.75 Å². The van der Waals surface area contributed by atoms with Gasteiger partial charge in [0.05, 0.1) is 0 Å². The van der Waals surface area contributed by atoms with E-state index in [1.165, 1.54) is 0 Å². The molecule has 1 aromatic rings. The van der Waals surface area contributed by atoms with Gasteiger partial charge < -0.3 is 10.5 Å². The van der Waals surface area contributed by atoms with Crippen molar-refractivity contribution in [2.24, 2.45) is 11.7 Å². The van der Waals surface area contributed by atoms with E-state index in [2.05, 4.69) is 13.8 Å². The van der Waals surface area contributed by atoms with Crippen molar-refractivity contribution in [3.63, 3.8) is 0 Å². The second-order valence-corrected chi connectivity index (χ2v) is 4.97. The first-order chi connectivity index (χ1) is 7.41. The smallest absolute Gasteiger partial charge is 0.120 e. The van der Waals surface area contributed by atoms with Crippen LogP contribution >= 0.6 is 11.6 Å². The van der Waals surface area contributed by atoms with E-state index < -0.39 is 0 Å². The van der Waals surface area contributed by atoms with E-state index in [0.717, 1.165) is 21.9 Å². The normalized spacial score (nSPS) is 12.9. The highest BCUT2D eigenvalue weighted by atomic mass is 35.5. The van der Waals surface area contributed by atoms with Crippen molar-refractivity contribution in [1.82, 2.24) is 0 Å². The van der Waals surface area contributed by atoms with Crippen LogP contribution in [0.1, 0.15) is 25.0 Å². The van der Waals surface area contributed by atoms with E-state index in [9.17, 15) is 0 Å². The summed E-state index contributed by atoms with van der Waals surface area (Å²) in [7, 11) is 0. The van der Waals surface area contributed by atoms with Crippen molar-refractivity contribution < 1.29 is 4.74 Å². The van der Waals surface area contributed by atoms with E-state index >= 15 is 0 Å². The highest BCUT2D eigenvalue weighted by Crippen LogP contribution is 2.25. The average molecular weight is 242 g/mol. The van der Waals surface area contributed by atoms with E-state index in [4.69, 9.17) is 22.1 Å². The summed E-state index contributed by atoms with van der Waals surface area (Å²) >= 11 is 6.08. The molecule has 0 aromatic heterocycles. The maximum absolute atomic E-state index is 6.08. The number of benzene rings is 1. The Kier molecular flexibility index (Phi) is 4.63. The predicted octanol–water partition coefficient (Wildman–Crippen LogP) is 3.32. The maximum atomic E-state index is 6.08. The van der Waals surface area contributed by atoms with Gasteiger partial charge in [0, 0.05) is 11.1 Å². The van der Waals surface area contributed by atoms with Crippen LogP contribution in [-0.4, -0.2) is 12.6 Å². The summed E-state index contributed by atoms with van der Waals surface area (Å²) < 4.78 is 5.66. The van der Waals surface area contributed by atoms with E-state index in [0.29, 0.717) is 12.5 Å². The minimum absolute atomic E-state index is 0.0660. The Morgan fingerprint density at radius 3 is 2.19 bits per heavy atom. The van der Waals surface area contributed by atoms with E-state index in [1.807, 2.05) is 26.0 Å². The molecule has 0 radical (unpaired) electrons. The van der Waals surface area contributed by atoms with Crippen molar-refractivity contribution in [1.29, 1.82) is 0 Å². The number of hydrogen-bond donors (Lipinski definition) is 1. The lowest BCUT2D eigenvalue weighted by molar-refractivity contribution is 0.259. The molecule has 0 unspecified atom stereocenters. The molecule has 0 saturated heterocycles. The van der Waals surface area contributed by atoms with Crippen LogP contribution in [0.2, 0.25) is 5.02 Å². The third-order valence-electron chi connectivity index (χ3n) is 2.71. The minimum Gasteiger partial charge on any atom is -0.492 e. The van der Waals surface area contributed by atoms with Crippen molar-refractivity contribution in [2.45, 2.75) is 33.7 Å². The largest absolute Gasteiger partial charge is 0.492 e. The Morgan fingerprint density at radius 1 is 1.25 bits per heavy atom. The molecular formula is C13H20ClNO. The van der Waals surface area contributed by atoms with Crippen LogP contribution in [0.15, 0.2) is 12.1 Å². The number of rotatable bonds is 4. The molecule has 0 fully saturated rings. The summed E-state index contributed by atoms with van der Waals surface area (Å²) in [5.41, 5.74) is 7.99. The van der Waals surface area contributed by atoms with Gasteiger partial charge in [-0.3, -0.25) is 0 Å². The van der Waals surface area contributed by atoms with Gasteiger partial charge >= 0.3 is 0 Å².